The zero-order valence-electron chi connectivity index (χ0n) is 13.2. The molecule has 2 amide bonds. The van der Waals surface area contributed by atoms with Gasteiger partial charge >= 0.3 is 12.0 Å². The van der Waals surface area contributed by atoms with Crippen LogP contribution in [0.1, 0.15) is 37.4 Å². The molecule has 6 nitrogen and oxygen atoms in total. The summed E-state index contributed by atoms with van der Waals surface area (Å²) in [5, 5.41) is 14.1. The minimum Gasteiger partial charge on any atom is -0.481 e. The Morgan fingerprint density at radius 1 is 1.22 bits per heavy atom. The van der Waals surface area contributed by atoms with Gasteiger partial charge in [0, 0.05) is 32.0 Å². The van der Waals surface area contributed by atoms with E-state index in [9.17, 15) is 9.59 Å². The van der Waals surface area contributed by atoms with E-state index < -0.39 is 5.97 Å². The lowest BCUT2D eigenvalue weighted by Gasteiger charge is -2.32. The smallest absolute Gasteiger partial charge is 0.314 e. The molecule has 1 fully saturated rings. The maximum absolute atomic E-state index is 11.8. The molecule has 6 heteroatoms. The zero-order chi connectivity index (χ0) is 16.5. The average molecular weight is 320 g/mol. The van der Waals surface area contributed by atoms with Crippen molar-refractivity contribution in [2.45, 2.75) is 31.8 Å². The molecule has 1 aromatic carbocycles. The Balaban J connectivity index is 1.76. The summed E-state index contributed by atoms with van der Waals surface area (Å²) < 4.78 is 5.90. The second-order valence-electron chi connectivity index (χ2n) is 5.74. The van der Waals surface area contributed by atoms with Gasteiger partial charge in [0.25, 0.3) is 0 Å². The van der Waals surface area contributed by atoms with E-state index >= 15 is 0 Å². The van der Waals surface area contributed by atoms with Crippen molar-refractivity contribution < 1.29 is 19.4 Å². The number of aliphatic carboxylic acids is 1. The van der Waals surface area contributed by atoms with Gasteiger partial charge in [-0.15, -0.1) is 0 Å². The lowest BCUT2D eigenvalue weighted by atomic mass is 9.89. The third-order valence-electron chi connectivity index (χ3n) is 3.95. The number of carboxylic acids is 1. The number of carbonyl (C=O) groups excluding carboxylic acids is 1. The molecular formula is C17H24N2O4. The molecule has 1 aliphatic heterocycles. The SMILES string of the molecule is O=C(O)CCCNC(=O)NCC1CCCOC1c1ccccc1. The molecule has 3 N–H and O–H groups in total. The van der Waals surface area contributed by atoms with Gasteiger partial charge in [-0.1, -0.05) is 30.3 Å². The van der Waals surface area contributed by atoms with Gasteiger partial charge in [-0.3, -0.25) is 4.79 Å². The standard InChI is InChI=1S/C17H24N2O4/c20-15(21)9-4-10-18-17(22)19-12-14-8-5-11-23-16(14)13-6-2-1-3-7-13/h1-3,6-7,14,16H,4-5,8-12H2,(H,20,21)(H2,18,19,22). The number of carbonyl (C=O) groups is 2. The van der Waals surface area contributed by atoms with Crippen LogP contribution in [0, 0.1) is 5.92 Å². The molecule has 1 aliphatic rings. The van der Waals surface area contributed by atoms with Crippen LogP contribution in [0.4, 0.5) is 4.79 Å². The monoisotopic (exact) mass is 320 g/mol. The van der Waals surface area contributed by atoms with E-state index in [4.69, 9.17) is 9.84 Å². The van der Waals surface area contributed by atoms with E-state index in [0.29, 0.717) is 19.5 Å². The number of ether oxygens (including phenoxy) is 1. The molecular weight excluding hydrogens is 296 g/mol. The van der Waals surface area contributed by atoms with Gasteiger partial charge in [-0.2, -0.15) is 0 Å². The molecule has 0 spiro atoms. The Labute approximate surface area is 136 Å². The fourth-order valence-electron chi connectivity index (χ4n) is 2.79. The van der Waals surface area contributed by atoms with Crippen LogP contribution >= 0.6 is 0 Å². The van der Waals surface area contributed by atoms with Gasteiger partial charge in [0.1, 0.15) is 0 Å². The molecule has 2 atom stereocenters. The van der Waals surface area contributed by atoms with Crippen LogP contribution < -0.4 is 10.6 Å². The predicted octanol–water partition coefficient (Wildman–Crippen LogP) is 2.32. The Hall–Kier alpha value is -2.08. The molecule has 1 heterocycles. The highest BCUT2D eigenvalue weighted by Gasteiger charge is 2.27. The summed E-state index contributed by atoms with van der Waals surface area (Å²) in [7, 11) is 0. The quantitative estimate of drug-likeness (QED) is 0.673. The second-order valence-corrected chi connectivity index (χ2v) is 5.74. The van der Waals surface area contributed by atoms with Gasteiger partial charge in [0.2, 0.25) is 0 Å². The highest BCUT2D eigenvalue weighted by molar-refractivity contribution is 5.73. The van der Waals surface area contributed by atoms with Crippen molar-refractivity contribution in [2.24, 2.45) is 5.92 Å². The van der Waals surface area contributed by atoms with Crippen molar-refractivity contribution in [3.8, 4) is 0 Å². The van der Waals surface area contributed by atoms with Gasteiger partial charge < -0.3 is 20.5 Å². The van der Waals surface area contributed by atoms with Gasteiger partial charge in [-0.25, -0.2) is 4.79 Å². The van der Waals surface area contributed by atoms with Gasteiger partial charge in [0.15, 0.2) is 0 Å². The maximum Gasteiger partial charge on any atom is 0.314 e. The number of benzene rings is 1. The highest BCUT2D eigenvalue weighted by atomic mass is 16.5. The number of amides is 2. The van der Waals surface area contributed by atoms with Crippen molar-refractivity contribution in [3.05, 3.63) is 35.9 Å². The Bertz CT molecular complexity index is 507. The third kappa shape index (κ3) is 5.90. The van der Waals surface area contributed by atoms with Crippen LogP contribution in [-0.2, 0) is 9.53 Å². The van der Waals surface area contributed by atoms with Gasteiger partial charge in [0.05, 0.1) is 6.10 Å². The highest BCUT2D eigenvalue weighted by Crippen LogP contribution is 2.32. The molecule has 0 bridgehead atoms. The summed E-state index contributed by atoms with van der Waals surface area (Å²) >= 11 is 0. The predicted molar refractivity (Wildman–Crippen MR) is 86.1 cm³/mol. The van der Waals surface area contributed by atoms with E-state index in [1.807, 2.05) is 18.2 Å². The van der Waals surface area contributed by atoms with E-state index in [-0.39, 0.29) is 24.5 Å². The lowest BCUT2D eigenvalue weighted by Crippen LogP contribution is -2.41. The lowest BCUT2D eigenvalue weighted by molar-refractivity contribution is -0.137. The number of hydrogen-bond donors (Lipinski definition) is 3. The fraction of sp³-hybridized carbons (Fsp3) is 0.529. The first kappa shape index (κ1) is 17.3. The van der Waals surface area contributed by atoms with Crippen molar-refractivity contribution >= 4 is 12.0 Å². The average Bonchev–Trinajstić information content (AvgIpc) is 2.58. The van der Waals surface area contributed by atoms with Crippen LogP contribution in [0.2, 0.25) is 0 Å². The largest absolute Gasteiger partial charge is 0.481 e. The van der Waals surface area contributed by atoms with Crippen LogP contribution in [0.15, 0.2) is 30.3 Å². The number of carboxylic acid groups (broad SMARTS) is 1. The number of urea groups is 1. The van der Waals surface area contributed by atoms with Crippen LogP contribution in [0.3, 0.4) is 0 Å². The molecule has 0 radical (unpaired) electrons. The Morgan fingerprint density at radius 2 is 2.00 bits per heavy atom. The number of hydrogen-bond acceptors (Lipinski definition) is 3. The van der Waals surface area contributed by atoms with E-state index in [2.05, 4.69) is 22.8 Å². The zero-order valence-corrected chi connectivity index (χ0v) is 13.2. The van der Waals surface area contributed by atoms with E-state index in [0.717, 1.165) is 25.0 Å². The molecule has 0 saturated carbocycles. The van der Waals surface area contributed by atoms with Crippen molar-refractivity contribution in [1.82, 2.24) is 10.6 Å². The van der Waals surface area contributed by atoms with E-state index in [1.165, 1.54) is 0 Å². The summed E-state index contributed by atoms with van der Waals surface area (Å²) in [6.45, 7) is 1.66. The van der Waals surface area contributed by atoms with E-state index in [1.54, 1.807) is 0 Å². The molecule has 0 aliphatic carbocycles. The summed E-state index contributed by atoms with van der Waals surface area (Å²) in [5.74, 6) is -0.604. The summed E-state index contributed by atoms with van der Waals surface area (Å²) in [6.07, 6.45) is 2.51. The van der Waals surface area contributed by atoms with Crippen LogP contribution in [0.5, 0.6) is 0 Å². The topological polar surface area (TPSA) is 87.7 Å². The molecule has 0 aromatic heterocycles. The van der Waals surface area contributed by atoms with Crippen molar-refractivity contribution in [2.75, 3.05) is 19.7 Å². The first-order valence-corrected chi connectivity index (χ1v) is 8.07. The maximum atomic E-state index is 11.8. The first-order chi connectivity index (χ1) is 11.2. The second kappa shape index (κ2) is 9.15. The first-order valence-electron chi connectivity index (χ1n) is 8.07. The van der Waals surface area contributed by atoms with Crippen LogP contribution in [-0.4, -0.2) is 36.8 Å². The minimum absolute atomic E-state index is 0.0114. The Morgan fingerprint density at radius 3 is 2.74 bits per heavy atom. The van der Waals surface area contributed by atoms with Gasteiger partial charge in [-0.05, 0) is 24.8 Å². The fourth-order valence-corrected chi connectivity index (χ4v) is 2.79. The normalized spacial score (nSPS) is 20.7. The van der Waals surface area contributed by atoms with Crippen molar-refractivity contribution in [3.63, 3.8) is 0 Å². The summed E-state index contributed by atoms with van der Waals surface area (Å²) in [6, 6.07) is 9.81. The van der Waals surface area contributed by atoms with Crippen LogP contribution in [0.25, 0.3) is 0 Å². The molecule has 126 valence electrons. The number of rotatable bonds is 7. The third-order valence-corrected chi connectivity index (χ3v) is 3.95. The molecule has 2 unspecified atom stereocenters. The molecule has 1 aromatic rings. The number of nitrogens with one attached hydrogen (secondary N) is 2. The summed E-state index contributed by atoms with van der Waals surface area (Å²) in [5.41, 5.74) is 1.14. The molecule has 23 heavy (non-hydrogen) atoms. The summed E-state index contributed by atoms with van der Waals surface area (Å²) in [4.78, 5) is 22.2. The van der Waals surface area contributed by atoms with Crippen molar-refractivity contribution in [1.29, 1.82) is 0 Å². The molecule has 2 rings (SSSR count). The minimum atomic E-state index is -0.850. The molecule has 1 saturated heterocycles. The Kier molecular flexibility index (Phi) is 6.87.